The summed E-state index contributed by atoms with van der Waals surface area (Å²) in [5.41, 5.74) is 6.64. The van der Waals surface area contributed by atoms with Gasteiger partial charge >= 0.3 is 5.97 Å². The van der Waals surface area contributed by atoms with Crippen molar-refractivity contribution < 1.29 is 24.7 Å². The first-order valence-electron chi connectivity index (χ1n) is 12.9. The number of nitrogens with zero attached hydrogens (tertiary/aromatic N) is 2. The van der Waals surface area contributed by atoms with E-state index < -0.39 is 17.9 Å². The zero-order chi connectivity index (χ0) is 27.9. The summed E-state index contributed by atoms with van der Waals surface area (Å²) in [4.78, 5) is 41.5. The van der Waals surface area contributed by atoms with Gasteiger partial charge in [0.1, 0.15) is 5.82 Å². The predicted molar refractivity (Wildman–Crippen MR) is 147 cm³/mol. The van der Waals surface area contributed by atoms with E-state index in [1.807, 2.05) is 37.3 Å². The molecule has 4 rings (SSSR count). The number of hydrogen-bond donors (Lipinski definition) is 4. The molecule has 0 spiro atoms. The highest BCUT2D eigenvalue weighted by molar-refractivity contribution is 5.99. The van der Waals surface area contributed by atoms with E-state index in [0.717, 1.165) is 46.4 Å². The summed E-state index contributed by atoms with van der Waals surface area (Å²) in [5.74, 6) is -1.01. The normalized spacial score (nSPS) is 11.8. The molecule has 9 heteroatoms. The number of nitrogens with one attached hydrogen (secondary N) is 2. The monoisotopic (exact) mass is 528 g/mol. The number of carbonyl (C=O) groups excluding carboxylic acids is 2. The number of carboxylic acid groups (broad SMARTS) is 1. The van der Waals surface area contributed by atoms with E-state index in [-0.39, 0.29) is 17.9 Å². The van der Waals surface area contributed by atoms with Gasteiger partial charge in [-0.25, -0.2) is 15.3 Å². The van der Waals surface area contributed by atoms with Crippen LogP contribution in [0, 0.1) is 6.92 Å². The summed E-state index contributed by atoms with van der Waals surface area (Å²) < 4.78 is 2.07. The summed E-state index contributed by atoms with van der Waals surface area (Å²) in [6, 6.07) is 19.3. The quantitative estimate of drug-likeness (QED) is 0.170. The van der Waals surface area contributed by atoms with E-state index in [4.69, 9.17) is 10.2 Å². The van der Waals surface area contributed by atoms with E-state index >= 15 is 0 Å². The van der Waals surface area contributed by atoms with Crippen LogP contribution in [-0.4, -0.2) is 43.7 Å². The smallest absolute Gasteiger partial charge is 0.335 e. The Labute approximate surface area is 226 Å². The molecule has 1 atom stereocenters. The van der Waals surface area contributed by atoms with Crippen LogP contribution in [0.2, 0.25) is 0 Å². The second kappa shape index (κ2) is 12.4. The molecule has 0 bridgehead atoms. The molecular formula is C30H32N4O5. The van der Waals surface area contributed by atoms with Crippen LogP contribution in [-0.2, 0) is 24.2 Å². The molecule has 4 aromatic rings. The van der Waals surface area contributed by atoms with Crippen LogP contribution < -0.4 is 10.8 Å². The van der Waals surface area contributed by atoms with Crippen LogP contribution >= 0.6 is 0 Å². The van der Waals surface area contributed by atoms with Crippen LogP contribution in [0.25, 0.3) is 11.0 Å². The van der Waals surface area contributed by atoms with Crippen molar-refractivity contribution in [2.45, 2.75) is 52.1 Å². The molecule has 0 aliphatic heterocycles. The average Bonchev–Trinajstić information content (AvgIpc) is 3.27. The summed E-state index contributed by atoms with van der Waals surface area (Å²) in [6.07, 6.45) is 1.98. The first kappa shape index (κ1) is 27.5. The van der Waals surface area contributed by atoms with Crippen molar-refractivity contribution in [3.63, 3.8) is 0 Å². The lowest BCUT2D eigenvalue weighted by Gasteiger charge is -2.18. The fourth-order valence-electron chi connectivity index (χ4n) is 4.71. The van der Waals surface area contributed by atoms with Crippen LogP contribution in [0.3, 0.4) is 0 Å². The molecule has 3 aromatic carbocycles. The molecule has 1 unspecified atom stereocenters. The maximum absolute atomic E-state index is 13.4. The molecule has 1 heterocycles. The Morgan fingerprint density at radius 1 is 0.974 bits per heavy atom. The second-order valence-corrected chi connectivity index (χ2v) is 9.63. The van der Waals surface area contributed by atoms with Crippen molar-refractivity contribution >= 4 is 28.8 Å². The summed E-state index contributed by atoms with van der Waals surface area (Å²) >= 11 is 0. The van der Waals surface area contributed by atoms with E-state index in [9.17, 15) is 19.5 Å². The van der Waals surface area contributed by atoms with Crippen molar-refractivity contribution in [3.8, 4) is 0 Å². The first-order chi connectivity index (χ1) is 18.8. The molecule has 39 heavy (non-hydrogen) atoms. The molecule has 0 radical (unpaired) electrons. The lowest BCUT2D eigenvalue weighted by atomic mass is 10.0. The Morgan fingerprint density at radius 3 is 2.33 bits per heavy atom. The first-order valence-corrected chi connectivity index (χ1v) is 12.9. The molecule has 0 saturated carbocycles. The highest BCUT2D eigenvalue weighted by Crippen LogP contribution is 2.25. The Kier molecular flexibility index (Phi) is 8.73. The van der Waals surface area contributed by atoms with E-state index in [1.165, 1.54) is 0 Å². The fourth-order valence-corrected chi connectivity index (χ4v) is 4.71. The Morgan fingerprint density at radius 2 is 1.69 bits per heavy atom. The molecule has 202 valence electrons. The average molecular weight is 529 g/mol. The molecule has 1 aromatic heterocycles. The van der Waals surface area contributed by atoms with Gasteiger partial charge < -0.3 is 15.0 Å². The number of aryl methyl sites for hydroxylation is 2. The fraction of sp³-hybridized carbons (Fsp3) is 0.267. The Balaban J connectivity index is 1.66. The number of aromatic nitrogens is 2. The van der Waals surface area contributed by atoms with Gasteiger partial charge in [0.25, 0.3) is 5.91 Å². The van der Waals surface area contributed by atoms with Gasteiger partial charge in [0.15, 0.2) is 0 Å². The number of amides is 2. The molecule has 0 aliphatic rings. The number of benzene rings is 3. The van der Waals surface area contributed by atoms with Crippen LogP contribution in [0.5, 0.6) is 0 Å². The Hall–Kier alpha value is -4.50. The summed E-state index contributed by atoms with van der Waals surface area (Å²) in [7, 11) is 0. The number of aromatic carboxylic acids is 1. The summed E-state index contributed by atoms with van der Waals surface area (Å²) in [5, 5.41) is 21.2. The van der Waals surface area contributed by atoms with Crippen LogP contribution in [0.15, 0.2) is 66.7 Å². The van der Waals surface area contributed by atoms with Crippen molar-refractivity contribution in [2.24, 2.45) is 0 Å². The van der Waals surface area contributed by atoms with Gasteiger partial charge in [0.2, 0.25) is 5.91 Å². The third kappa shape index (κ3) is 6.69. The van der Waals surface area contributed by atoms with E-state index in [0.29, 0.717) is 18.5 Å². The third-order valence-corrected chi connectivity index (χ3v) is 6.62. The van der Waals surface area contributed by atoms with E-state index in [1.54, 1.807) is 41.9 Å². The van der Waals surface area contributed by atoms with Crippen molar-refractivity contribution in [1.82, 2.24) is 20.3 Å². The topological polar surface area (TPSA) is 134 Å². The molecule has 0 fully saturated rings. The lowest BCUT2D eigenvalue weighted by molar-refractivity contribution is -0.129. The third-order valence-electron chi connectivity index (χ3n) is 6.62. The van der Waals surface area contributed by atoms with Gasteiger partial charge in [-0.3, -0.25) is 14.8 Å². The predicted octanol–water partition coefficient (Wildman–Crippen LogP) is 4.28. The number of hydroxylamine groups is 1. The largest absolute Gasteiger partial charge is 0.478 e. The Bertz CT molecular complexity index is 1480. The molecule has 4 N–H and O–H groups in total. The lowest BCUT2D eigenvalue weighted by Crippen LogP contribution is -2.40. The van der Waals surface area contributed by atoms with Gasteiger partial charge in [-0.05, 0) is 60.7 Å². The molecule has 9 nitrogen and oxygen atoms in total. The zero-order valence-electron chi connectivity index (χ0n) is 22.0. The van der Waals surface area contributed by atoms with Crippen LogP contribution in [0.1, 0.15) is 63.0 Å². The number of carbonyl (C=O) groups is 3. The number of rotatable bonds is 11. The molecule has 2 amide bonds. The van der Waals surface area contributed by atoms with Crippen molar-refractivity contribution in [3.05, 3.63) is 100 Å². The second-order valence-electron chi connectivity index (χ2n) is 9.63. The number of imidazole rings is 1. The SMILES string of the molecule is CCCc1nc2c(C)cc(C(=O)NC(CC(=O)NO)Cc3ccccc3)cc2n1Cc1ccc(C(=O)O)cc1. The zero-order valence-corrected chi connectivity index (χ0v) is 22.0. The van der Waals surface area contributed by atoms with Gasteiger partial charge in [-0.2, -0.15) is 0 Å². The molecule has 0 saturated heterocycles. The van der Waals surface area contributed by atoms with Gasteiger partial charge in [-0.1, -0.05) is 49.4 Å². The van der Waals surface area contributed by atoms with Gasteiger partial charge in [0, 0.05) is 31.0 Å². The van der Waals surface area contributed by atoms with Gasteiger partial charge in [-0.15, -0.1) is 0 Å². The standard InChI is InChI=1S/C30H32N4O5/c1-3-7-26-32-28-19(2)14-23(16-25(28)34(26)18-21-10-12-22(13-11-21)30(37)38)29(36)31-24(17-27(35)33-39)15-20-8-5-4-6-9-20/h4-6,8-14,16,24,39H,3,7,15,17-18H2,1-2H3,(H,31,36)(H,33,35)(H,37,38). The number of fused-ring (bicyclic) bond motifs is 1. The molecular weight excluding hydrogens is 496 g/mol. The minimum atomic E-state index is -0.977. The summed E-state index contributed by atoms with van der Waals surface area (Å²) in [6.45, 7) is 4.46. The molecule has 0 aliphatic carbocycles. The highest BCUT2D eigenvalue weighted by atomic mass is 16.5. The van der Waals surface area contributed by atoms with Crippen molar-refractivity contribution in [2.75, 3.05) is 0 Å². The maximum atomic E-state index is 13.4. The van der Waals surface area contributed by atoms with E-state index in [2.05, 4.69) is 16.8 Å². The minimum Gasteiger partial charge on any atom is -0.478 e. The van der Waals surface area contributed by atoms with Gasteiger partial charge in [0.05, 0.1) is 16.6 Å². The number of hydrogen-bond acceptors (Lipinski definition) is 5. The maximum Gasteiger partial charge on any atom is 0.335 e. The minimum absolute atomic E-state index is 0.0801. The van der Waals surface area contributed by atoms with Crippen LogP contribution in [0.4, 0.5) is 0 Å². The van der Waals surface area contributed by atoms with Crippen molar-refractivity contribution in [1.29, 1.82) is 0 Å². The number of carboxylic acids is 1. The highest BCUT2D eigenvalue weighted by Gasteiger charge is 2.21.